The molecule has 0 saturated carbocycles. The van der Waals surface area contributed by atoms with E-state index in [1.807, 2.05) is 13.0 Å². The molecule has 0 aliphatic rings. The Morgan fingerprint density at radius 1 is 1.38 bits per heavy atom. The van der Waals surface area contributed by atoms with Gasteiger partial charge in [0.05, 0.1) is 0 Å². The van der Waals surface area contributed by atoms with E-state index in [0.29, 0.717) is 6.42 Å². The standard InChI is InChI=1S/C9H15NO.C2H4/c1-4-8(5-2)6-7-9(11)10-3;1-2/h4-5H,1,6-7H2,2-3H3,(H,10,11);1-2H2/b8-5+;. The molecule has 0 aromatic carbocycles. The van der Waals surface area contributed by atoms with Crippen molar-refractivity contribution in [1.82, 2.24) is 5.32 Å². The molecule has 0 aromatic rings. The molecule has 0 unspecified atom stereocenters. The van der Waals surface area contributed by atoms with Crippen LogP contribution in [0.5, 0.6) is 0 Å². The lowest BCUT2D eigenvalue weighted by molar-refractivity contribution is -0.120. The molecule has 13 heavy (non-hydrogen) atoms. The smallest absolute Gasteiger partial charge is 0.220 e. The van der Waals surface area contributed by atoms with Gasteiger partial charge < -0.3 is 5.32 Å². The Morgan fingerprint density at radius 3 is 2.23 bits per heavy atom. The zero-order valence-electron chi connectivity index (χ0n) is 8.60. The van der Waals surface area contributed by atoms with Crippen molar-refractivity contribution >= 4 is 5.91 Å². The number of carbonyl (C=O) groups is 1. The molecule has 2 nitrogen and oxygen atoms in total. The fourth-order valence-electron chi connectivity index (χ4n) is 0.747. The van der Waals surface area contributed by atoms with Gasteiger partial charge >= 0.3 is 0 Å². The first kappa shape index (κ1) is 14.2. The molecule has 1 amide bonds. The monoisotopic (exact) mass is 181 g/mol. The molecule has 2 heteroatoms. The molecule has 0 fully saturated rings. The molecule has 0 heterocycles. The van der Waals surface area contributed by atoms with Crippen molar-refractivity contribution in [2.75, 3.05) is 7.05 Å². The summed E-state index contributed by atoms with van der Waals surface area (Å²) in [6.45, 7) is 11.6. The molecule has 0 aliphatic heterocycles. The fraction of sp³-hybridized carbons (Fsp3) is 0.364. The van der Waals surface area contributed by atoms with E-state index < -0.39 is 0 Å². The van der Waals surface area contributed by atoms with Crippen LogP contribution in [0.15, 0.2) is 37.5 Å². The number of amides is 1. The Labute approximate surface area is 81.0 Å². The van der Waals surface area contributed by atoms with Crippen LogP contribution in [-0.2, 0) is 4.79 Å². The van der Waals surface area contributed by atoms with E-state index in [-0.39, 0.29) is 5.91 Å². The molecule has 0 bridgehead atoms. The maximum atomic E-state index is 10.8. The molecule has 0 radical (unpaired) electrons. The van der Waals surface area contributed by atoms with Crippen molar-refractivity contribution in [3.8, 4) is 0 Å². The van der Waals surface area contributed by atoms with Crippen LogP contribution in [0.2, 0.25) is 0 Å². The zero-order chi connectivity index (χ0) is 10.7. The van der Waals surface area contributed by atoms with Crippen molar-refractivity contribution in [3.63, 3.8) is 0 Å². The van der Waals surface area contributed by atoms with E-state index in [4.69, 9.17) is 0 Å². The van der Waals surface area contributed by atoms with Crippen LogP contribution in [0.1, 0.15) is 19.8 Å². The van der Waals surface area contributed by atoms with Crippen molar-refractivity contribution in [2.24, 2.45) is 0 Å². The molecular formula is C11H19NO. The third-order valence-electron chi connectivity index (χ3n) is 1.55. The van der Waals surface area contributed by atoms with E-state index in [1.165, 1.54) is 0 Å². The van der Waals surface area contributed by atoms with E-state index in [2.05, 4.69) is 25.1 Å². The lowest BCUT2D eigenvalue weighted by atomic mass is 10.1. The first-order valence-electron chi connectivity index (χ1n) is 4.22. The average Bonchev–Trinajstić information content (AvgIpc) is 2.22. The van der Waals surface area contributed by atoms with Crippen molar-refractivity contribution in [2.45, 2.75) is 19.8 Å². The summed E-state index contributed by atoms with van der Waals surface area (Å²) in [6.07, 6.45) is 5.07. The second kappa shape index (κ2) is 10.7. The van der Waals surface area contributed by atoms with Crippen LogP contribution < -0.4 is 5.32 Å². The van der Waals surface area contributed by atoms with Gasteiger partial charge in [0, 0.05) is 13.5 Å². The summed E-state index contributed by atoms with van der Waals surface area (Å²) in [5, 5.41) is 2.57. The first-order valence-corrected chi connectivity index (χ1v) is 4.22. The van der Waals surface area contributed by atoms with Crippen LogP contribution in [0.3, 0.4) is 0 Å². The molecular weight excluding hydrogens is 162 g/mol. The number of rotatable bonds is 4. The lowest BCUT2D eigenvalue weighted by Crippen LogP contribution is -2.17. The summed E-state index contributed by atoms with van der Waals surface area (Å²) in [5.74, 6) is 0.0752. The van der Waals surface area contributed by atoms with Crippen LogP contribution in [0.4, 0.5) is 0 Å². The highest BCUT2D eigenvalue weighted by Crippen LogP contribution is 2.04. The number of hydrogen-bond acceptors (Lipinski definition) is 1. The SMILES string of the molecule is C=C.C=C/C(=C\C)CCC(=O)NC. The van der Waals surface area contributed by atoms with Crippen LogP contribution in [0.25, 0.3) is 0 Å². The van der Waals surface area contributed by atoms with Gasteiger partial charge in [-0.3, -0.25) is 4.79 Å². The van der Waals surface area contributed by atoms with Crippen LogP contribution >= 0.6 is 0 Å². The summed E-state index contributed by atoms with van der Waals surface area (Å²) in [7, 11) is 1.64. The Kier molecular flexibility index (Phi) is 11.7. The minimum atomic E-state index is 0.0752. The number of nitrogens with one attached hydrogen (secondary N) is 1. The minimum absolute atomic E-state index is 0.0752. The van der Waals surface area contributed by atoms with Crippen molar-refractivity contribution in [1.29, 1.82) is 0 Å². The van der Waals surface area contributed by atoms with E-state index in [1.54, 1.807) is 13.1 Å². The summed E-state index contributed by atoms with van der Waals surface area (Å²) in [5.41, 5.74) is 1.12. The van der Waals surface area contributed by atoms with E-state index in [0.717, 1.165) is 12.0 Å². The minimum Gasteiger partial charge on any atom is -0.359 e. The molecule has 0 aliphatic carbocycles. The molecule has 0 atom stereocenters. The first-order chi connectivity index (χ1) is 6.24. The quantitative estimate of drug-likeness (QED) is 0.524. The summed E-state index contributed by atoms with van der Waals surface area (Å²) >= 11 is 0. The maximum absolute atomic E-state index is 10.8. The van der Waals surface area contributed by atoms with Gasteiger partial charge in [-0.05, 0) is 13.3 Å². The fourth-order valence-corrected chi connectivity index (χ4v) is 0.747. The second-order valence-corrected chi connectivity index (χ2v) is 2.24. The summed E-state index contributed by atoms with van der Waals surface area (Å²) < 4.78 is 0. The Hall–Kier alpha value is -1.31. The third kappa shape index (κ3) is 8.60. The normalized spacial score (nSPS) is 9.54. The van der Waals surface area contributed by atoms with E-state index in [9.17, 15) is 4.79 Å². The number of carbonyl (C=O) groups excluding carboxylic acids is 1. The van der Waals surface area contributed by atoms with Crippen molar-refractivity contribution < 1.29 is 4.79 Å². The Bertz CT molecular complexity index is 183. The highest BCUT2D eigenvalue weighted by atomic mass is 16.1. The largest absolute Gasteiger partial charge is 0.359 e. The van der Waals surface area contributed by atoms with Gasteiger partial charge in [-0.1, -0.05) is 24.3 Å². The number of allylic oxidation sites excluding steroid dienone is 3. The van der Waals surface area contributed by atoms with Gasteiger partial charge in [-0.25, -0.2) is 0 Å². The maximum Gasteiger partial charge on any atom is 0.220 e. The molecule has 0 saturated heterocycles. The number of hydrogen-bond donors (Lipinski definition) is 1. The molecule has 0 aromatic heterocycles. The summed E-state index contributed by atoms with van der Waals surface area (Å²) in [4.78, 5) is 10.8. The predicted octanol–water partition coefficient (Wildman–Crippen LogP) is 2.45. The highest BCUT2D eigenvalue weighted by Gasteiger charge is 1.97. The molecule has 0 spiro atoms. The van der Waals surface area contributed by atoms with Gasteiger partial charge in [0.25, 0.3) is 0 Å². The van der Waals surface area contributed by atoms with Gasteiger partial charge in [-0.2, -0.15) is 0 Å². The molecule has 1 N–H and O–H groups in total. The van der Waals surface area contributed by atoms with Crippen LogP contribution in [-0.4, -0.2) is 13.0 Å². The predicted molar refractivity (Wildman–Crippen MR) is 58.5 cm³/mol. The topological polar surface area (TPSA) is 29.1 Å². The van der Waals surface area contributed by atoms with E-state index >= 15 is 0 Å². The molecule has 0 rings (SSSR count). The van der Waals surface area contributed by atoms with Gasteiger partial charge in [0.2, 0.25) is 5.91 Å². The highest BCUT2D eigenvalue weighted by molar-refractivity contribution is 5.75. The Balaban J connectivity index is 0. The van der Waals surface area contributed by atoms with Crippen molar-refractivity contribution in [3.05, 3.63) is 37.5 Å². The van der Waals surface area contributed by atoms with Crippen LogP contribution in [0, 0.1) is 0 Å². The second-order valence-electron chi connectivity index (χ2n) is 2.24. The lowest BCUT2D eigenvalue weighted by Gasteiger charge is -1.99. The Morgan fingerprint density at radius 2 is 1.92 bits per heavy atom. The zero-order valence-corrected chi connectivity index (χ0v) is 8.60. The third-order valence-corrected chi connectivity index (χ3v) is 1.55. The van der Waals surface area contributed by atoms with Gasteiger partial charge in [-0.15, -0.1) is 13.2 Å². The average molecular weight is 181 g/mol. The van der Waals surface area contributed by atoms with Gasteiger partial charge in [0.15, 0.2) is 0 Å². The summed E-state index contributed by atoms with van der Waals surface area (Å²) in [6, 6.07) is 0. The van der Waals surface area contributed by atoms with Gasteiger partial charge in [0.1, 0.15) is 0 Å². The molecule has 74 valence electrons.